The van der Waals surface area contributed by atoms with Crippen LogP contribution in [0.1, 0.15) is 0 Å². The number of rotatable bonds is 1. The molecule has 0 aliphatic carbocycles. The lowest BCUT2D eigenvalue weighted by atomic mass is 10.1. The van der Waals surface area contributed by atoms with Gasteiger partial charge < -0.3 is 34.6 Å². The molecule has 1 unspecified atom stereocenters. The Morgan fingerprint density at radius 1 is 1.00 bits per heavy atom. The van der Waals surface area contributed by atoms with Crippen LogP contribution in [-0.2, 0) is 28.6 Å². The Bertz CT molecular complexity index is 478. The van der Waals surface area contributed by atoms with Crippen molar-refractivity contribution < 1.29 is 49.0 Å². The number of hydrogen-bond donors (Lipinski definition) is 4. The number of esters is 3. The second kappa shape index (κ2) is 3.58. The molecule has 0 aromatic rings. The molecule has 2 aliphatic rings. The molecule has 10 heteroatoms. The van der Waals surface area contributed by atoms with Crippen LogP contribution in [0.15, 0.2) is 11.5 Å². The number of carbonyl (C=O) groups is 3. The summed E-state index contributed by atoms with van der Waals surface area (Å²) < 4.78 is 12.5. The molecule has 0 bridgehead atoms. The Hall–Kier alpha value is -2.33. The summed E-state index contributed by atoms with van der Waals surface area (Å²) in [5, 5.41) is 37.4. The van der Waals surface area contributed by atoms with E-state index in [0.29, 0.717) is 0 Å². The molecule has 2 heterocycles. The first-order valence-electron chi connectivity index (χ1n) is 4.45. The minimum Gasteiger partial charge on any atom is -0.505 e. The molecule has 0 amide bonds. The van der Waals surface area contributed by atoms with Crippen LogP contribution in [0.2, 0.25) is 0 Å². The molecule has 0 radical (unpaired) electrons. The summed E-state index contributed by atoms with van der Waals surface area (Å²) in [5.41, 5.74) is 0. The third kappa shape index (κ3) is 1.47. The quantitative estimate of drug-likeness (QED) is 0.223. The maximum atomic E-state index is 10.9. The Morgan fingerprint density at radius 2 is 1.61 bits per heavy atom. The van der Waals surface area contributed by atoms with Gasteiger partial charge in [0.05, 0.1) is 0 Å². The van der Waals surface area contributed by atoms with Gasteiger partial charge in [-0.2, -0.15) is 0 Å². The van der Waals surface area contributed by atoms with Crippen molar-refractivity contribution in [3.8, 4) is 0 Å². The lowest BCUT2D eigenvalue weighted by Crippen LogP contribution is -2.62. The van der Waals surface area contributed by atoms with E-state index in [1.165, 1.54) is 0 Å². The number of aliphatic hydroxyl groups is 4. The first-order chi connectivity index (χ1) is 8.27. The van der Waals surface area contributed by atoms with Gasteiger partial charge in [0.15, 0.2) is 5.76 Å². The van der Waals surface area contributed by atoms with E-state index in [-0.39, 0.29) is 0 Å². The summed E-state index contributed by atoms with van der Waals surface area (Å²) in [5.74, 6) is -10.1. The predicted octanol–water partition coefficient (Wildman–Crippen LogP) is -2.65. The second-order valence-electron chi connectivity index (χ2n) is 3.42. The van der Waals surface area contributed by atoms with E-state index in [0.717, 1.165) is 0 Å². The molecule has 0 aromatic carbocycles. The van der Waals surface area contributed by atoms with Gasteiger partial charge in [0.25, 0.3) is 6.29 Å². The Balaban J connectivity index is 2.35. The van der Waals surface area contributed by atoms with Gasteiger partial charge in [0, 0.05) is 0 Å². The average molecular weight is 262 g/mol. The Kier molecular flexibility index (Phi) is 2.41. The minimum absolute atomic E-state index is 1.17. The zero-order valence-corrected chi connectivity index (χ0v) is 8.39. The number of hydrogen-bond acceptors (Lipinski definition) is 10. The minimum atomic E-state index is -3.05. The lowest BCUT2D eigenvalue weighted by molar-refractivity contribution is -0.343. The third-order valence-electron chi connectivity index (χ3n) is 2.28. The summed E-state index contributed by atoms with van der Waals surface area (Å²) >= 11 is 0. The highest BCUT2D eigenvalue weighted by molar-refractivity contribution is 6.30. The van der Waals surface area contributed by atoms with Crippen molar-refractivity contribution in [1.82, 2.24) is 0 Å². The zero-order valence-electron chi connectivity index (χ0n) is 8.39. The summed E-state index contributed by atoms with van der Waals surface area (Å²) in [6.45, 7) is 0. The van der Waals surface area contributed by atoms with Crippen LogP contribution in [0.5, 0.6) is 0 Å². The molecule has 98 valence electrons. The highest BCUT2D eigenvalue weighted by Gasteiger charge is 2.61. The van der Waals surface area contributed by atoms with Gasteiger partial charge in [-0.25, -0.2) is 14.4 Å². The van der Waals surface area contributed by atoms with Crippen LogP contribution >= 0.6 is 0 Å². The molecule has 18 heavy (non-hydrogen) atoms. The molecular weight excluding hydrogens is 256 g/mol. The van der Waals surface area contributed by atoms with Gasteiger partial charge in [-0.3, -0.25) is 0 Å². The topological polar surface area (TPSA) is 160 Å². The molecule has 1 fully saturated rings. The number of ether oxygens (including phenoxy) is 3. The molecule has 10 nitrogen and oxygen atoms in total. The van der Waals surface area contributed by atoms with Crippen molar-refractivity contribution in [2.24, 2.45) is 0 Å². The monoisotopic (exact) mass is 262 g/mol. The van der Waals surface area contributed by atoms with E-state index in [1.807, 2.05) is 0 Å². The number of carbonyl (C=O) groups excluding carboxylic acids is 3. The van der Waals surface area contributed by atoms with Crippen LogP contribution in [-0.4, -0.2) is 56.5 Å². The molecule has 0 aromatic heterocycles. The Morgan fingerprint density at radius 3 is 2.11 bits per heavy atom. The van der Waals surface area contributed by atoms with Crippen molar-refractivity contribution in [1.29, 1.82) is 0 Å². The van der Waals surface area contributed by atoms with Crippen LogP contribution < -0.4 is 0 Å². The summed E-state index contributed by atoms with van der Waals surface area (Å²) in [6, 6.07) is 0. The van der Waals surface area contributed by atoms with Crippen LogP contribution in [0, 0.1) is 0 Å². The summed E-state index contributed by atoms with van der Waals surface area (Å²) in [6.07, 6.45) is -4.52. The van der Waals surface area contributed by atoms with Crippen molar-refractivity contribution in [2.45, 2.75) is 18.2 Å². The van der Waals surface area contributed by atoms with E-state index >= 15 is 0 Å². The maximum absolute atomic E-state index is 10.9. The molecule has 1 saturated heterocycles. The molecule has 4 N–H and O–H groups in total. The standard InChI is InChI=1S/C8H6O10/c9-1-2(10)4(11)16-3(1)8(15)7(14)17-5(12)6(13)18-8/h3,7,9-10,14-15H/t3-,7?,8-/m0/s1. The lowest BCUT2D eigenvalue weighted by Gasteiger charge is -2.36. The van der Waals surface area contributed by atoms with Gasteiger partial charge in [-0.15, -0.1) is 0 Å². The maximum Gasteiger partial charge on any atom is 0.420 e. The first kappa shape index (κ1) is 12.1. The van der Waals surface area contributed by atoms with Gasteiger partial charge in [0.1, 0.15) is 0 Å². The van der Waals surface area contributed by atoms with E-state index < -0.39 is 47.6 Å². The fourth-order valence-electron chi connectivity index (χ4n) is 1.39. The van der Waals surface area contributed by atoms with Crippen LogP contribution in [0.25, 0.3) is 0 Å². The number of cyclic esters (lactones) is 3. The molecule has 2 rings (SSSR count). The molecule has 0 spiro atoms. The van der Waals surface area contributed by atoms with Crippen LogP contribution in [0.3, 0.4) is 0 Å². The molecule has 3 atom stereocenters. The SMILES string of the molecule is O=C1OC(O)[C@](O)([C@H]2OC(=O)C(O)=C2O)OC1=O. The highest BCUT2D eigenvalue weighted by Crippen LogP contribution is 2.33. The Labute approximate surface area is 97.6 Å². The van der Waals surface area contributed by atoms with Crippen molar-refractivity contribution in [2.75, 3.05) is 0 Å². The van der Waals surface area contributed by atoms with Crippen molar-refractivity contribution >= 4 is 17.9 Å². The van der Waals surface area contributed by atoms with E-state index in [1.54, 1.807) is 0 Å². The molecule has 0 saturated carbocycles. The smallest absolute Gasteiger partial charge is 0.420 e. The van der Waals surface area contributed by atoms with Crippen LogP contribution in [0.4, 0.5) is 0 Å². The normalized spacial score (nSPS) is 36.2. The molecule has 2 aliphatic heterocycles. The fourth-order valence-corrected chi connectivity index (χ4v) is 1.39. The zero-order chi connectivity index (χ0) is 13.7. The second-order valence-corrected chi connectivity index (χ2v) is 3.42. The fraction of sp³-hybridized carbons (Fsp3) is 0.375. The number of aliphatic hydroxyl groups excluding tert-OH is 3. The third-order valence-corrected chi connectivity index (χ3v) is 2.28. The first-order valence-corrected chi connectivity index (χ1v) is 4.45. The summed E-state index contributed by atoms with van der Waals surface area (Å²) in [4.78, 5) is 32.5. The predicted molar refractivity (Wildman–Crippen MR) is 45.3 cm³/mol. The van der Waals surface area contributed by atoms with Crippen molar-refractivity contribution in [3.63, 3.8) is 0 Å². The van der Waals surface area contributed by atoms with E-state index in [4.69, 9.17) is 5.11 Å². The summed E-state index contributed by atoms with van der Waals surface area (Å²) in [7, 11) is 0. The van der Waals surface area contributed by atoms with Crippen molar-refractivity contribution in [3.05, 3.63) is 11.5 Å². The van der Waals surface area contributed by atoms with E-state index in [9.17, 15) is 29.7 Å². The van der Waals surface area contributed by atoms with Gasteiger partial charge in [-0.05, 0) is 0 Å². The van der Waals surface area contributed by atoms with Gasteiger partial charge in [-0.1, -0.05) is 0 Å². The van der Waals surface area contributed by atoms with Gasteiger partial charge in [0.2, 0.25) is 11.9 Å². The molecular formula is C8H6O10. The average Bonchev–Trinajstić information content (AvgIpc) is 2.55. The highest BCUT2D eigenvalue weighted by atomic mass is 16.8. The van der Waals surface area contributed by atoms with Gasteiger partial charge >= 0.3 is 23.7 Å². The largest absolute Gasteiger partial charge is 0.505 e. The van der Waals surface area contributed by atoms with E-state index in [2.05, 4.69) is 14.2 Å².